The van der Waals surface area contributed by atoms with Crippen LogP contribution >= 0.6 is 11.6 Å². The van der Waals surface area contributed by atoms with Crippen LogP contribution in [0.3, 0.4) is 0 Å². The molecule has 0 spiro atoms. The number of hydrogen-bond acceptors (Lipinski definition) is 4. The van der Waals surface area contributed by atoms with Gasteiger partial charge in [0.2, 0.25) is 10.0 Å². The van der Waals surface area contributed by atoms with Gasteiger partial charge in [-0.25, -0.2) is 8.42 Å². The number of nitrogens with one attached hydrogen (secondary N) is 2. The monoisotopic (exact) mass is 447 g/mol. The first-order valence-electron chi connectivity index (χ1n) is 9.86. The van der Waals surface area contributed by atoms with E-state index >= 15 is 0 Å². The van der Waals surface area contributed by atoms with Gasteiger partial charge in [-0.2, -0.15) is 4.31 Å². The lowest BCUT2D eigenvalue weighted by molar-refractivity contribution is 0.0950. The zero-order valence-electron chi connectivity index (χ0n) is 16.2. The smallest absolute Gasteiger partial charge is 0.257 e. The highest BCUT2D eigenvalue weighted by atomic mass is 35.5. The van der Waals surface area contributed by atoms with E-state index in [2.05, 4.69) is 10.6 Å². The molecule has 0 radical (unpaired) electrons. The minimum atomic E-state index is -3.65. The average molecular weight is 448 g/mol. The maximum atomic E-state index is 12.8. The molecule has 158 valence electrons. The van der Waals surface area contributed by atoms with Crippen LogP contribution in [0.15, 0.2) is 47.4 Å². The Hall–Kier alpha value is -2.42. The van der Waals surface area contributed by atoms with Crippen molar-refractivity contribution in [2.24, 2.45) is 0 Å². The van der Waals surface area contributed by atoms with Gasteiger partial charge in [-0.1, -0.05) is 11.6 Å². The van der Waals surface area contributed by atoms with Gasteiger partial charge in [0.15, 0.2) is 0 Å². The lowest BCUT2D eigenvalue weighted by Gasteiger charge is -2.16. The summed E-state index contributed by atoms with van der Waals surface area (Å²) in [5.74, 6) is -0.660. The van der Waals surface area contributed by atoms with Gasteiger partial charge in [0.1, 0.15) is 0 Å². The number of hydrogen-bond donors (Lipinski definition) is 2. The molecule has 2 N–H and O–H groups in total. The van der Waals surface area contributed by atoms with Gasteiger partial charge in [0.25, 0.3) is 11.8 Å². The van der Waals surface area contributed by atoms with E-state index in [1.807, 2.05) is 0 Å². The molecule has 1 heterocycles. The van der Waals surface area contributed by atoms with Crippen molar-refractivity contribution in [3.63, 3.8) is 0 Å². The van der Waals surface area contributed by atoms with Crippen molar-refractivity contribution in [2.75, 3.05) is 18.4 Å². The number of sulfonamides is 1. The molecule has 2 fully saturated rings. The van der Waals surface area contributed by atoms with Crippen LogP contribution in [0.1, 0.15) is 46.4 Å². The molecular formula is C21H22ClN3O4S. The van der Waals surface area contributed by atoms with E-state index in [-0.39, 0.29) is 27.4 Å². The number of benzene rings is 2. The molecule has 2 aliphatic rings. The second-order valence-electron chi connectivity index (χ2n) is 7.53. The Kier molecular flexibility index (Phi) is 5.81. The van der Waals surface area contributed by atoms with Gasteiger partial charge >= 0.3 is 0 Å². The number of carbonyl (C=O) groups excluding carboxylic acids is 2. The summed E-state index contributed by atoms with van der Waals surface area (Å²) in [5, 5.41) is 5.77. The van der Waals surface area contributed by atoms with Crippen molar-refractivity contribution in [1.82, 2.24) is 9.62 Å². The number of carbonyl (C=O) groups is 2. The number of rotatable bonds is 6. The van der Waals surface area contributed by atoms with E-state index in [1.165, 1.54) is 22.5 Å². The van der Waals surface area contributed by atoms with Crippen LogP contribution in [0.2, 0.25) is 5.02 Å². The fourth-order valence-corrected chi connectivity index (χ4v) is 5.06. The SMILES string of the molecule is O=C(NC1CC1)c1ccc(NC(=O)c2cc(S(=O)(=O)N3CCCC3)ccc2Cl)cc1. The van der Waals surface area contributed by atoms with Crippen LogP contribution < -0.4 is 10.6 Å². The second-order valence-corrected chi connectivity index (χ2v) is 9.88. The molecule has 1 aliphatic carbocycles. The lowest BCUT2D eigenvalue weighted by Crippen LogP contribution is -2.28. The van der Waals surface area contributed by atoms with Crippen LogP contribution in [0.4, 0.5) is 5.69 Å². The summed E-state index contributed by atoms with van der Waals surface area (Å²) < 4.78 is 27.0. The molecule has 2 amide bonds. The third kappa shape index (κ3) is 4.50. The highest BCUT2D eigenvalue weighted by Gasteiger charge is 2.28. The van der Waals surface area contributed by atoms with E-state index in [4.69, 9.17) is 11.6 Å². The molecule has 0 aromatic heterocycles. The average Bonchev–Trinajstić information content (AvgIpc) is 3.35. The zero-order valence-corrected chi connectivity index (χ0v) is 17.8. The summed E-state index contributed by atoms with van der Waals surface area (Å²) in [6.07, 6.45) is 3.67. The normalized spacial score (nSPS) is 17.0. The van der Waals surface area contributed by atoms with Gasteiger partial charge in [-0.15, -0.1) is 0 Å². The van der Waals surface area contributed by atoms with Crippen molar-refractivity contribution in [1.29, 1.82) is 0 Å². The molecule has 4 rings (SSSR count). The topological polar surface area (TPSA) is 95.6 Å². The molecular weight excluding hydrogens is 426 g/mol. The van der Waals surface area contributed by atoms with Crippen molar-refractivity contribution in [3.05, 3.63) is 58.6 Å². The quantitative estimate of drug-likeness (QED) is 0.710. The van der Waals surface area contributed by atoms with E-state index in [0.717, 1.165) is 25.7 Å². The van der Waals surface area contributed by atoms with E-state index in [1.54, 1.807) is 24.3 Å². The number of halogens is 1. The molecule has 1 saturated heterocycles. The Morgan fingerprint density at radius 2 is 1.63 bits per heavy atom. The molecule has 1 saturated carbocycles. The molecule has 2 aromatic rings. The maximum Gasteiger partial charge on any atom is 0.257 e. The molecule has 0 atom stereocenters. The molecule has 2 aromatic carbocycles. The summed E-state index contributed by atoms with van der Waals surface area (Å²) in [4.78, 5) is 24.8. The second kappa shape index (κ2) is 8.37. The summed E-state index contributed by atoms with van der Waals surface area (Å²) >= 11 is 6.17. The van der Waals surface area contributed by atoms with Gasteiger partial charge in [0.05, 0.1) is 15.5 Å². The van der Waals surface area contributed by atoms with Gasteiger partial charge in [-0.3, -0.25) is 9.59 Å². The van der Waals surface area contributed by atoms with Crippen molar-refractivity contribution >= 4 is 39.1 Å². The van der Waals surface area contributed by atoms with Crippen LogP contribution in [-0.2, 0) is 10.0 Å². The molecule has 9 heteroatoms. The first-order valence-corrected chi connectivity index (χ1v) is 11.7. The Balaban J connectivity index is 1.49. The van der Waals surface area contributed by atoms with Gasteiger partial charge in [0, 0.05) is 30.4 Å². The largest absolute Gasteiger partial charge is 0.349 e. The maximum absolute atomic E-state index is 12.8. The van der Waals surface area contributed by atoms with E-state index in [9.17, 15) is 18.0 Å². The lowest BCUT2D eigenvalue weighted by atomic mass is 10.1. The van der Waals surface area contributed by atoms with Gasteiger partial charge < -0.3 is 10.6 Å². The fraction of sp³-hybridized carbons (Fsp3) is 0.333. The number of nitrogens with zero attached hydrogens (tertiary/aromatic N) is 1. The molecule has 0 unspecified atom stereocenters. The van der Waals surface area contributed by atoms with Crippen LogP contribution in [-0.4, -0.2) is 43.7 Å². The molecule has 0 bridgehead atoms. The Morgan fingerprint density at radius 3 is 2.27 bits per heavy atom. The minimum absolute atomic E-state index is 0.0473. The Morgan fingerprint density at radius 1 is 0.967 bits per heavy atom. The van der Waals surface area contributed by atoms with Gasteiger partial charge in [-0.05, 0) is 68.1 Å². The third-order valence-corrected chi connectivity index (χ3v) is 7.43. The van der Waals surface area contributed by atoms with Crippen molar-refractivity contribution in [3.8, 4) is 0 Å². The first kappa shape index (κ1) is 20.8. The third-order valence-electron chi connectivity index (χ3n) is 5.20. The predicted octanol–water partition coefficient (Wildman–Crippen LogP) is 3.27. The highest BCUT2D eigenvalue weighted by Crippen LogP contribution is 2.26. The van der Waals surface area contributed by atoms with Crippen LogP contribution in [0, 0.1) is 0 Å². The summed E-state index contributed by atoms with van der Waals surface area (Å²) in [5.41, 5.74) is 1.07. The summed E-state index contributed by atoms with van der Waals surface area (Å²) in [6, 6.07) is 10.9. The van der Waals surface area contributed by atoms with Crippen LogP contribution in [0.5, 0.6) is 0 Å². The number of anilines is 1. The molecule has 1 aliphatic heterocycles. The molecule has 30 heavy (non-hydrogen) atoms. The highest BCUT2D eigenvalue weighted by molar-refractivity contribution is 7.89. The summed E-state index contributed by atoms with van der Waals surface area (Å²) in [7, 11) is -3.65. The van der Waals surface area contributed by atoms with Crippen molar-refractivity contribution in [2.45, 2.75) is 36.6 Å². The van der Waals surface area contributed by atoms with E-state index < -0.39 is 15.9 Å². The van der Waals surface area contributed by atoms with Crippen molar-refractivity contribution < 1.29 is 18.0 Å². The fourth-order valence-electron chi connectivity index (χ4n) is 3.32. The number of amides is 2. The first-order chi connectivity index (χ1) is 14.3. The Labute approximate surface area is 180 Å². The Bertz CT molecular complexity index is 1080. The molecule has 7 nitrogen and oxygen atoms in total. The summed E-state index contributed by atoms with van der Waals surface area (Å²) in [6.45, 7) is 0.959. The zero-order chi connectivity index (χ0) is 21.3. The standard InChI is InChI=1S/C21H22ClN3O4S/c22-19-10-9-17(30(28,29)25-11-1-2-12-25)13-18(19)21(27)24-15-5-3-14(4-6-15)20(26)23-16-7-8-16/h3-6,9-10,13,16H,1-2,7-8,11-12H2,(H,23,26)(H,24,27). The predicted molar refractivity (Wildman–Crippen MR) is 114 cm³/mol. The van der Waals surface area contributed by atoms with Crippen LogP contribution in [0.25, 0.3) is 0 Å². The van der Waals surface area contributed by atoms with E-state index in [0.29, 0.717) is 24.3 Å². The minimum Gasteiger partial charge on any atom is -0.349 e.